The van der Waals surface area contributed by atoms with Crippen LogP contribution < -0.4 is 5.32 Å². The summed E-state index contributed by atoms with van der Waals surface area (Å²) in [4.78, 5) is 4.31. The fourth-order valence-electron chi connectivity index (χ4n) is 1.72. The van der Waals surface area contributed by atoms with Gasteiger partial charge in [-0.2, -0.15) is 0 Å². The number of benzene rings is 1. The highest BCUT2D eigenvalue weighted by atomic mass is 35.5. The predicted molar refractivity (Wildman–Crippen MR) is 79.7 cm³/mol. The van der Waals surface area contributed by atoms with Gasteiger partial charge in [0.15, 0.2) is 0 Å². The van der Waals surface area contributed by atoms with Gasteiger partial charge in [-0.25, -0.2) is 0 Å². The standard InChI is InChI=1S/C14H16Cl2N2/c1-9(2)12(16)8-18-13-5-6-17-14-7-10(15)3-4-11(13)14/h3-7,9,12H,8H2,1-2H3,(H,17,18). The summed E-state index contributed by atoms with van der Waals surface area (Å²) in [6.45, 7) is 4.97. The van der Waals surface area contributed by atoms with E-state index in [4.69, 9.17) is 23.2 Å². The number of nitrogens with one attached hydrogen (secondary N) is 1. The fraction of sp³-hybridized carbons (Fsp3) is 0.357. The molecule has 1 N–H and O–H groups in total. The molecule has 1 aromatic carbocycles. The van der Waals surface area contributed by atoms with Crippen LogP contribution in [0.2, 0.25) is 5.02 Å². The van der Waals surface area contributed by atoms with Gasteiger partial charge in [0.05, 0.1) is 10.9 Å². The maximum atomic E-state index is 6.24. The van der Waals surface area contributed by atoms with Crippen LogP contribution >= 0.6 is 23.2 Å². The molecule has 0 spiro atoms. The highest BCUT2D eigenvalue weighted by Crippen LogP contribution is 2.24. The maximum Gasteiger partial charge on any atom is 0.0737 e. The van der Waals surface area contributed by atoms with Crippen molar-refractivity contribution >= 4 is 39.8 Å². The third-order valence-electron chi connectivity index (χ3n) is 2.92. The first-order chi connectivity index (χ1) is 8.58. The van der Waals surface area contributed by atoms with Gasteiger partial charge < -0.3 is 5.32 Å². The van der Waals surface area contributed by atoms with Gasteiger partial charge in [-0.05, 0) is 30.2 Å². The number of halogens is 2. The average Bonchev–Trinajstić information content (AvgIpc) is 2.35. The van der Waals surface area contributed by atoms with E-state index in [9.17, 15) is 0 Å². The largest absolute Gasteiger partial charge is 0.383 e. The Morgan fingerprint density at radius 2 is 2.06 bits per heavy atom. The summed E-state index contributed by atoms with van der Waals surface area (Å²) < 4.78 is 0. The van der Waals surface area contributed by atoms with Crippen LogP contribution in [0, 0.1) is 5.92 Å². The van der Waals surface area contributed by atoms with Crippen LogP contribution in [0.1, 0.15) is 13.8 Å². The van der Waals surface area contributed by atoms with E-state index in [-0.39, 0.29) is 5.38 Å². The monoisotopic (exact) mass is 282 g/mol. The molecular formula is C14H16Cl2N2. The van der Waals surface area contributed by atoms with E-state index >= 15 is 0 Å². The first-order valence-electron chi connectivity index (χ1n) is 6.00. The molecule has 2 nitrogen and oxygen atoms in total. The molecule has 0 aliphatic carbocycles. The Morgan fingerprint density at radius 3 is 2.78 bits per heavy atom. The topological polar surface area (TPSA) is 24.9 Å². The summed E-state index contributed by atoms with van der Waals surface area (Å²) in [6.07, 6.45) is 1.78. The molecule has 18 heavy (non-hydrogen) atoms. The Hall–Kier alpha value is -0.990. The van der Waals surface area contributed by atoms with Crippen molar-refractivity contribution in [2.45, 2.75) is 19.2 Å². The first-order valence-corrected chi connectivity index (χ1v) is 6.81. The van der Waals surface area contributed by atoms with Crippen molar-refractivity contribution < 1.29 is 0 Å². The smallest absolute Gasteiger partial charge is 0.0737 e. The lowest BCUT2D eigenvalue weighted by Gasteiger charge is -2.16. The molecule has 1 heterocycles. The van der Waals surface area contributed by atoms with Gasteiger partial charge in [0.1, 0.15) is 0 Å². The van der Waals surface area contributed by atoms with Crippen molar-refractivity contribution in [2.24, 2.45) is 5.92 Å². The number of pyridine rings is 1. The van der Waals surface area contributed by atoms with E-state index in [0.29, 0.717) is 10.9 Å². The molecule has 4 heteroatoms. The van der Waals surface area contributed by atoms with Crippen LogP contribution in [0.15, 0.2) is 30.5 Å². The van der Waals surface area contributed by atoms with Crippen LogP contribution in [0.3, 0.4) is 0 Å². The zero-order valence-corrected chi connectivity index (χ0v) is 12.0. The second-order valence-corrected chi connectivity index (χ2v) is 5.66. The minimum atomic E-state index is 0.112. The lowest BCUT2D eigenvalue weighted by molar-refractivity contribution is 0.616. The van der Waals surface area contributed by atoms with Crippen LogP contribution in [0.25, 0.3) is 10.9 Å². The zero-order valence-electron chi connectivity index (χ0n) is 10.5. The minimum Gasteiger partial charge on any atom is -0.383 e. The van der Waals surface area contributed by atoms with Gasteiger partial charge >= 0.3 is 0 Å². The lowest BCUT2D eigenvalue weighted by Crippen LogP contribution is -2.19. The normalized spacial score (nSPS) is 12.9. The molecule has 1 aromatic heterocycles. The molecule has 0 saturated heterocycles. The van der Waals surface area contributed by atoms with E-state index in [2.05, 4.69) is 24.1 Å². The molecule has 0 saturated carbocycles. The van der Waals surface area contributed by atoms with Gasteiger partial charge in [0, 0.05) is 28.8 Å². The second kappa shape index (κ2) is 5.77. The Morgan fingerprint density at radius 1 is 1.28 bits per heavy atom. The fourth-order valence-corrected chi connectivity index (χ4v) is 1.96. The third kappa shape index (κ3) is 3.06. The van der Waals surface area contributed by atoms with E-state index in [1.807, 2.05) is 24.3 Å². The number of aromatic nitrogens is 1. The van der Waals surface area contributed by atoms with E-state index < -0.39 is 0 Å². The first kappa shape index (κ1) is 13.4. The average molecular weight is 283 g/mol. The van der Waals surface area contributed by atoms with E-state index in [1.54, 1.807) is 6.20 Å². The highest BCUT2D eigenvalue weighted by molar-refractivity contribution is 6.31. The number of hydrogen-bond donors (Lipinski definition) is 1. The van der Waals surface area contributed by atoms with Gasteiger partial charge in [-0.3, -0.25) is 4.98 Å². The molecule has 0 amide bonds. The quantitative estimate of drug-likeness (QED) is 0.832. The Bertz CT molecular complexity index is 540. The van der Waals surface area contributed by atoms with Crippen molar-refractivity contribution in [3.63, 3.8) is 0 Å². The zero-order chi connectivity index (χ0) is 13.1. The van der Waals surface area contributed by atoms with Crippen LogP contribution in [0.4, 0.5) is 5.69 Å². The van der Waals surface area contributed by atoms with Gasteiger partial charge in [-0.1, -0.05) is 25.4 Å². The molecule has 0 aliphatic rings. The van der Waals surface area contributed by atoms with Crippen molar-refractivity contribution in [3.8, 4) is 0 Å². The van der Waals surface area contributed by atoms with E-state index in [1.165, 1.54) is 0 Å². The van der Waals surface area contributed by atoms with Crippen LogP contribution in [-0.4, -0.2) is 16.9 Å². The SMILES string of the molecule is CC(C)C(Cl)CNc1ccnc2cc(Cl)ccc12. The van der Waals surface area contributed by atoms with Crippen molar-refractivity contribution in [3.05, 3.63) is 35.5 Å². The molecule has 0 aliphatic heterocycles. The van der Waals surface area contributed by atoms with Crippen molar-refractivity contribution in [2.75, 3.05) is 11.9 Å². The molecule has 1 atom stereocenters. The molecule has 2 aromatic rings. The number of alkyl halides is 1. The molecule has 2 rings (SSSR count). The van der Waals surface area contributed by atoms with Crippen LogP contribution in [0.5, 0.6) is 0 Å². The van der Waals surface area contributed by atoms with Gasteiger partial charge in [0.2, 0.25) is 0 Å². The summed E-state index contributed by atoms with van der Waals surface area (Å²) in [7, 11) is 0. The molecular weight excluding hydrogens is 267 g/mol. The summed E-state index contributed by atoms with van der Waals surface area (Å²) >= 11 is 12.2. The highest BCUT2D eigenvalue weighted by Gasteiger charge is 2.10. The summed E-state index contributed by atoms with van der Waals surface area (Å²) in [6, 6.07) is 7.67. The maximum absolute atomic E-state index is 6.24. The minimum absolute atomic E-state index is 0.112. The van der Waals surface area contributed by atoms with Crippen molar-refractivity contribution in [1.29, 1.82) is 0 Å². The summed E-state index contributed by atoms with van der Waals surface area (Å²) in [5.41, 5.74) is 1.94. The number of rotatable bonds is 4. The third-order valence-corrected chi connectivity index (χ3v) is 3.81. The summed E-state index contributed by atoms with van der Waals surface area (Å²) in [5, 5.41) is 5.25. The Balaban J connectivity index is 2.23. The molecule has 0 radical (unpaired) electrons. The molecule has 0 bridgehead atoms. The number of anilines is 1. The van der Waals surface area contributed by atoms with Gasteiger partial charge in [0.25, 0.3) is 0 Å². The number of fused-ring (bicyclic) bond motifs is 1. The Kier molecular flexibility index (Phi) is 4.31. The molecule has 96 valence electrons. The molecule has 1 unspecified atom stereocenters. The Labute approximate surface area is 117 Å². The van der Waals surface area contributed by atoms with E-state index in [0.717, 1.165) is 23.1 Å². The molecule has 0 fully saturated rings. The van der Waals surface area contributed by atoms with Gasteiger partial charge in [-0.15, -0.1) is 11.6 Å². The second-order valence-electron chi connectivity index (χ2n) is 4.66. The number of nitrogens with zero attached hydrogens (tertiary/aromatic N) is 1. The van der Waals surface area contributed by atoms with Crippen LogP contribution in [-0.2, 0) is 0 Å². The van der Waals surface area contributed by atoms with Crippen molar-refractivity contribution in [1.82, 2.24) is 4.98 Å². The number of hydrogen-bond acceptors (Lipinski definition) is 2. The predicted octanol–water partition coefficient (Wildman–Crippen LogP) is 4.56. The lowest BCUT2D eigenvalue weighted by atomic mass is 10.1. The summed E-state index contributed by atoms with van der Waals surface area (Å²) in [5.74, 6) is 0.446.